The number of carbonyl (C=O) groups is 2. The lowest BCUT2D eigenvalue weighted by Gasteiger charge is -2.15. The molecule has 0 aliphatic carbocycles. The van der Waals surface area contributed by atoms with E-state index in [0.29, 0.717) is 22.6 Å². The van der Waals surface area contributed by atoms with Gasteiger partial charge in [0.2, 0.25) is 0 Å². The van der Waals surface area contributed by atoms with Crippen molar-refractivity contribution in [2.45, 2.75) is 6.54 Å². The Labute approximate surface area is 157 Å². The zero-order chi connectivity index (χ0) is 17.3. The summed E-state index contributed by atoms with van der Waals surface area (Å²) in [5, 5.41) is 0. The molecule has 25 heavy (non-hydrogen) atoms. The lowest BCUT2D eigenvalue weighted by Crippen LogP contribution is -3.06. The Morgan fingerprint density at radius 2 is 1.76 bits per heavy atom. The Morgan fingerprint density at radius 3 is 2.36 bits per heavy atom. The van der Waals surface area contributed by atoms with Crippen molar-refractivity contribution in [3.63, 3.8) is 0 Å². The smallest absolute Gasteiger partial charge is 0.426 e. The van der Waals surface area contributed by atoms with Gasteiger partial charge in [-0.1, -0.05) is 30.3 Å². The fourth-order valence-corrected chi connectivity index (χ4v) is 2.81. The number of quaternary nitrogens is 1. The molecule has 1 atom stereocenters. The van der Waals surface area contributed by atoms with E-state index in [9.17, 15) is 9.59 Å². The van der Waals surface area contributed by atoms with Gasteiger partial charge in [-0.3, -0.25) is 9.69 Å². The molecular weight excluding hydrogens is 382 g/mol. The van der Waals surface area contributed by atoms with E-state index < -0.39 is 0 Å². The van der Waals surface area contributed by atoms with Crippen LogP contribution in [-0.4, -0.2) is 30.8 Å². The molecule has 2 aromatic carbocycles. The van der Waals surface area contributed by atoms with Gasteiger partial charge in [-0.2, -0.15) is 4.90 Å². The van der Waals surface area contributed by atoms with Crippen molar-refractivity contribution in [1.82, 2.24) is 4.90 Å². The van der Waals surface area contributed by atoms with E-state index in [2.05, 4.69) is 0 Å². The van der Waals surface area contributed by atoms with Crippen molar-refractivity contribution in [2.24, 2.45) is 5.73 Å². The van der Waals surface area contributed by atoms with Gasteiger partial charge in [-0.25, -0.2) is 4.79 Å². The molecule has 0 aromatic heterocycles. The fraction of sp³-hybridized carbons (Fsp3) is 0.158. The number of benzene rings is 2. The van der Waals surface area contributed by atoms with E-state index in [1.54, 1.807) is 38.5 Å². The van der Waals surface area contributed by atoms with Crippen LogP contribution < -0.4 is 27.6 Å². The van der Waals surface area contributed by atoms with E-state index in [4.69, 9.17) is 5.73 Å². The first-order valence-corrected chi connectivity index (χ1v) is 7.76. The standard InChI is InChI=1S/C19H19N3O2.BrH/c1-21(2)19(24)22-11-10-15-16(4-3-5-17(15)22)18(23)14-8-6-13(12-20)7-9-14;/h3-11H,12,20H2,1-2H3;1H. The second kappa shape index (κ2) is 7.74. The maximum absolute atomic E-state index is 12.8. The number of urea groups is 1. The van der Waals surface area contributed by atoms with E-state index in [1.807, 2.05) is 30.3 Å². The molecule has 0 saturated heterocycles. The third-order valence-corrected chi connectivity index (χ3v) is 4.15. The maximum atomic E-state index is 12.8. The van der Waals surface area contributed by atoms with Gasteiger partial charge in [0.05, 0.1) is 5.56 Å². The van der Waals surface area contributed by atoms with E-state index in [0.717, 1.165) is 16.8 Å². The molecule has 2 amide bonds. The highest BCUT2D eigenvalue weighted by molar-refractivity contribution is 6.12. The predicted octanol–water partition coefficient (Wildman–Crippen LogP) is -1.44. The summed E-state index contributed by atoms with van der Waals surface area (Å²) in [5.74, 6) is -0.0568. The molecule has 5 nitrogen and oxygen atoms in total. The Morgan fingerprint density at radius 1 is 1.08 bits per heavy atom. The summed E-state index contributed by atoms with van der Waals surface area (Å²) >= 11 is 0. The fourth-order valence-electron chi connectivity index (χ4n) is 2.81. The minimum absolute atomic E-state index is 0. The number of halogens is 1. The summed E-state index contributed by atoms with van der Waals surface area (Å²) < 4.78 is 0. The molecule has 0 radical (unpaired) electrons. The van der Waals surface area contributed by atoms with Crippen LogP contribution in [0.4, 0.5) is 10.5 Å². The highest BCUT2D eigenvalue weighted by atomic mass is 79.9. The van der Waals surface area contributed by atoms with Crippen LogP contribution >= 0.6 is 0 Å². The molecule has 130 valence electrons. The Balaban J connectivity index is 0.00000225. The number of fused-ring (bicyclic) bond motifs is 1. The van der Waals surface area contributed by atoms with Crippen LogP contribution in [0.5, 0.6) is 0 Å². The van der Waals surface area contributed by atoms with Crippen LogP contribution in [0.2, 0.25) is 0 Å². The monoisotopic (exact) mass is 401 g/mol. The molecule has 0 saturated carbocycles. The third kappa shape index (κ3) is 3.56. The molecule has 1 heterocycles. The van der Waals surface area contributed by atoms with Crippen LogP contribution in [0.3, 0.4) is 0 Å². The Kier molecular flexibility index (Phi) is 5.89. The first-order chi connectivity index (χ1) is 11.5. The number of nitrogens with one attached hydrogen (secondary N) is 1. The molecular formula is C19H20BrN3O2. The largest absolute Gasteiger partial charge is 1.00 e. The van der Waals surface area contributed by atoms with Gasteiger partial charge < -0.3 is 22.7 Å². The van der Waals surface area contributed by atoms with Gasteiger partial charge in [0.15, 0.2) is 11.5 Å². The van der Waals surface area contributed by atoms with Crippen molar-refractivity contribution < 1.29 is 31.5 Å². The minimum atomic E-state index is -0.0677. The van der Waals surface area contributed by atoms with Crippen LogP contribution in [-0.2, 0) is 6.54 Å². The van der Waals surface area contributed by atoms with Crippen LogP contribution in [0.1, 0.15) is 27.0 Å². The Bertz CT molecular complexity index is 829. The quantitative estimate of drug-likeness (QED) is 0.619. The average Bonchev–Trinajstić information content (AvgIpc) is 3.04. The normalized spacial score (nSPS) is 14.6. The van der Waals surface area contributed by atoms with Gasteiger partial charge in [-0.15, -0.1) is 0 Å². The summed E-state index contributed by atoms with van der Waals surface area (Å²) in [6.07, 6.45) is 3.62. The maximum Gasteiger partial charge on any atom is 0.426 e. The van der Waals surface area contributed by atoms with Crippen molar-refractivity contribution in [1.29, 1.82) is 0 Å². The van der Waals surface area contributed by atoms with Gasteiger partial charge in [0.1, 0.15) is 6.20 Å². The molecule has 6 heteroatoms. The Hall–Kier alpha value is -2.28. The first-order valence-electron chi connectivity index (χ1n) is 7.76. The number of rotatable bonds is 3. The second-order valence-corrected chi connectivity index (χ2v) is 5.94. The SMILES string of the molecule is CN(C)C(=O)[NH+]1C=Cc2c(C(=O)c3ccc(CN)cc3)cccc21.[Br-]. The summed E-state index contributed by atoms with van der Waals surface area (Å²) in [6.45, 7) is 0.447. The zero-order valence-electron chi connectivity index (χ0n) is 14.1. The van der Waals surface area contributed by atoms with Crippen LogP contribution in [0, 0.1) is 0 Å². The highest BCUT2D eigenvalue weighted by Gasteiger charge is 2.31. The number of hydrogen-bond acceptors (Lipinski definition) is 3. The van der Waals surface area contributed by atoms with Crippen LogP contribution in [0.25, 0.3) is 6.08 Å². The molecule has 1 aliphatic heterocycles. The van der Waals surface area contributed by atoms with Crippen molar-refractivity contribution in [3.8, 4) is 0 Å². The average molecular weight is 402 g/mol. The van der Waals surface area contributed by atoms with Crippen molar-refractivity contribution in [2.75, 3.05) is 14.1 Å². The zero-order valence-corrected chi connectivity index (χ0v) is 15.7. The third-order valence-electron chi connectivity index (χ3n) is 4.15. The lowest BCUT2D eigenvalue weighted by molar-refractivity contribution is -0.680. The summed E-state index contributed by atoms with van der Waals surface area (Å²) in [5.41, 5.74) is 9.40. The summed E-state index contributed by atoms with van der Waals surface area (Å²) in [6, 6.07) is 12.7. The van der Waals surface area contributed by atoms with Gasteiger partial charge in [0.25, 0.3) is 0 Å². The summed E-state index contributed by atoms with van der Waals surface area (Å²) in [7, 11) is 3.43. The molecule has 3 rings (SSSR count). The second-order valence-electron chi connectivity index (χ2n) is 5.94. The van der Waals surface area contributed by atoms with Gasteiger partial charge in [0, 0.05) is 43.9 Å². The highest BCUT2D eigenvalue weighted by Crippen LogP contribution is 2.24. The molecule has 0 fully saturated rings. The lowest BCUT2D eigenvalue weighted by atomic mass is 9.97. The molecule has 1 unspecified atom stereocenters. The molecule has 1 aliphatic rings. The topological polar surface area (TPSA) is 67.8 Å². The van der Waals surface area contributed by atoms with E-state index >= 15 is 0 Å². The number of carbonyl (C=O) groups excluding carboxylic acids is 2. The number of hydrogen-bond donors (Lipinski definition) is 2. The molecule has 3 N–H and O–H groups in total. The molecule has 0 bridgehead atoms. The summed E-state index contributed by atoms with van der Waals surface area (Å²) in [4.78, 5) is 27.3. The number of nitrogens with two attached hydrogens (primary N) is 1. The molecule has 2 aromatic rings. The number of amides is 2. The van der Waals surface area contributed by atoms with Gasteiger partial charge >= 0.3 is 6.03 Å². The first kappa shape index (κ1) is 19.1. The van der Waals surface area contributed by atoms with E-state index in [1.165, 1.54) is 4.90 Å². The number of ketones is 1. The predicted molar refractivity (Wildman–Crippen MR) is 92.9 cm³/mol. The molecule has 0 spiro atoms. The van der Waals surface area contributed by atoms with E-state index in [-0.39, 0.29) is 28.8 Å². The van der Waals surface area contributed by atoms with Crippen LogP contribution in [0.15, 0.2) is 48.7 Å². The minimum Gasteiger partial charge on any atom is -1.00 e. The van der Waals surface area contributed by atoms with Gasteiger partial charge in [-0.05, 0) is 11.6 Å². The van der Waals surface area contributed by atoms with Crippen molar-refractivity contribution in [3.05, 3.63) is 70.9 Å². The number of nitrogens with zero attached hydrogens (tertiary/aromatic N) is 1. The van der Waals surface area contributed by atoms with Crippen molar-refractivity contribution >= 4 is 23.6 Å².